The van der Waals surface area contributed by atoms with Crippen LogP contribution in [0.15, 0.2) is 35.4 Å². The summed E-state index contributed by atoms with van der Waals surface area (Å²) in [5, 5.41) is 4.06. The maximum atomic E-state index is 12.5. The van der Waals surface area contributed by atoms with E-state index in [1.54, 1.807) is 37.6 Å². The highest BCUT2D eigenvalue weighted by molar-refractivity contribution is 14.1. The molecule has 30 heavy (non-hydrogen) atoms. The third kappa shape index (κ3) is 6.51. The summed E-state index contributed by atoms with van der Waals surface area (Å²) in [5.74, 6) is 2.11. The summed E-state index contributed by atoms with van der Waals surface area (Å²) in [6.45, 7) is 7.43. The molecular weight excluding hydrogens is 499 g/mol. The Morgan fingerprint density at radius 3 is 2.47 bits per heavy atom. The Balaban J connectivity index is 2.12. The number of nitrogens with one attached hydrogen (secondary N) is 1. The molecule has 1 N–H and O–H groups in total. The van der Waals surface area contributed by atoms with Crippen LogP contribution in [0, 0.1) is 3.57 Å². The first-order valence-electron chi connectivity index (χ1n) is 9.77. The molecule has 8 heteroatoms. The number of hydrogen-bond acceptors (Lipinski definition) is 6. The molecule has 0 aliphatic rings. The van der Waals surface area contributed by atoms with Gasteiger partial charge < -0.3 is 18.9 Å². The van der Waals surface area contributed by atoms with Gasteiger partial charge in [0.05, 0.1) is 36.7 Å². The Morgan fingerprint density at radius 2 is 1.80 bits per heavy atom. The fraction of sp³-hybridized carbons (Fsp3) is 0.364. The van der Waals surface area contributed by atoms with E-state index in [9.17, 15) is 4.79 Å². The molecule has 0 spiro atoms. The molecule has 0 atom stereocenters. The molecule has 1 amide bonds. The number of hydrazone groups is 1. The average molecular weight is 526 g/mol. The minimum atomic E-state index is -0.346. The highest BCUT2D eigenvalue weighted by Gasteiger charge is 2.12. The molecule has 0 aliphatic carbocycles. The van der Waals surface area contributed by atoms with Crippen LogP contribution < -0.4 is 24.4 Å². The number of nitrogens with zero attached hydrogens (tertiary/aromatic N) is 1. The Labute approximate surface area is 190 Å². The molecule has 2 rings (SSSR count). The van der Waals surface area contributed by atoms with Gasteiger partial charge in [0.1, 0.15) is 0 Å². The molecule has 0 aliphatic heterocycles. The average Bonchev–Trinajstić information content (AvgIpc) is 2.74. The van der Waals surface area contributed by atoms with Crippen molar-refractivity contribution in [2.45, 2.75) is 27.2 Å². The van der Waals surface area contributed by atoms with E-state index in [-0.39, 0.29) is 5.91 Å². The first-order valence-corrected chi connectivity index (χ1v) is 10.8. The Hall–Kier alpha value is -2.49. The first-order chi connectivity index (χ1) is 14.5. The van der Waals surface area contributed by atoms with Gasteiger partial charge in [-0.1, -0.05) is 6.92 Å². The fourth-order valence-electron chi connectivity index (χ4n) is 2.58. The quantitative estimate of drug-likeness (QED) is 0.262. The first kappa shape index (κ1) is 23.8. The van der Waals surface area contributed by atoms with E-state index >= 15 is 0 Å². The molecule has 0 radical (unpaired) electrons. The molecule has 0 saturated heterocycles. The van der Waals surface area contributed by atoms with Gasteiger partial charge in [-0.2, -0.15) is 5.10 Å². The van der Waals surface area contributed by atoms with E-state index in [0.29, 0.717) is 48.4 Å². The van der Waals surface area contributed by atoms with E-state index in [1.165, 1.54) is 0 Å². The maximum absolute atomic E-state index is 12.5. The number of hydrogen-bond donors (Lipinski definition) is 1. The number of benzene rings is 2. The van der Waals surface area contributed by atoms with Gasteiger partial charge in [-0.15, -0.1) is 0 Å². The van der Waals surface area contributed by atoms with Gasteiger partial charge in [-0.3, -0.25) is 4.79 Å². The molecule has 0 aromatic heterocycles. The predicted molar refractivity (Wildman–Crippen MR) is 125 cm³/mol. The van der Waals surface area contributed by atoms with Gasteiger partial charge in [0.15, 0.2) is 23.0 Å². The highest BCUT2D eigenvalue weighted by Crippen LogP contribution is 2.33. The molecule has 0 bridgehead atoms. The van der Waals surface area contributed by atoms with Gasteiger partial charge in [0.2, 0.25) is 0 Å². The molecule has 0 heterocycles. The van der Waals surface area contributed by atoms with Crippen molar-refractivity contribution in [3.05, 3.63) is 45.0 Å². The summed E-state index contributed by atoms with van der Waals surface area (Å²) < 4.78 is 23.2. The second-order valence-corrected chi connectivity index (χ2v) is 7.27. The van der Waals surface area contributed by atoms with Crippen LogP contribution in [0.25, 0.3) is 0 Å². The number of amides is 1. The van der Waals surface area contributed by atoms with E-state index in [0.717, 1.165) is 15.6 Å². The second kappa shape index (κ2) is 12.3. The van der Waals surface area contributed by atoms with Crippen molar-refractivity contribution in [1.29, 1.82) is 0 Å². The minimum Gasteiger partial charge on any atom is -0.493 e. The monoisotopic (exact) mass is 526 g/mol. The van der Waals surface area contributed by atoms with Crippen LogP contribution in [0.4, 0.5) is 0 Å². The lowest BCUT2D eigenvalue weighted by atomic mass is 10.2. The molecule has 0 saturated carbocycles. The summed E-state index contributed by atoms with van der Waals surface area (Å²) in [5.41, 5.74) is 3.74. The lowest BCUT2D eigenvalue weighted by Gasteiger charge is -2.12. The van der Waals surface area contributed by atoms with Gasteiger partial charge in [-0.05, 0) is 78.8 Å². The van der Waals surface area contributed by atoms with Crippen molar-refractivity contribution < 1.29 is 23.7 Å². The third-order valence-corrected chi connectivity index (χ3v) is 4.69. The zero-order valence-electron chi connectivity index (χ0n) is 17.7. The van der Waals surface area contributed by atoms with Gasteiger partial charge >= 0.3 is 0 Å². The van der Waals surface area contributed by atoms with E-state index in [4.69, 9.17) is 18.9 Å². The molecule has 0 fully saturated rings. The van der Waals surface area contributed by atoms with Gasteiger partial charge in [0, 0.05) is 5.56 Å². The maximum Gasteiger partial charge on any atom is 0.271 e. The van der Waals surface area contributed by atoms with Crippen LogP contribution in [0.3, 0.4) is 0 Å². The van der Waals surface area contributed by atoms with Crippen molar-refractivity contribution >= 4 is 34.7 Å². The van der Waals surface area contributed by atoms with Crippen molar-refractivity contribution in [1.82, 2.24) is 5.43 Å². The van der Waals surface area contributed by atoms with Crippen molar-refractivity contribution in [2.75, 3.05) is 26.9 Å². The Kier molecular flexibility index (Phi) is 9.72. The van der Waals surface area contributed by atoms with Crippen LogP contribution >= 0.6 is 22.6 Å². The topological polar surface area (TPSA) is 78.4 Å². The van der Waals surface area contributed by atoms with E-state index in [2.05, 4.69) is 33.1 Å². The number of methoxy groups -OCH3 is 1. The summed E-state index contributed by atoms with van der Waals surface area (Å²) in [4.78, 5) is 12.5. The Morgan fingerprint density at radius 1 is 1.03 bits per heavy atom. The number of ether oxygens (including phenoxy) is 4. The zero-order chi connectivity index (χ0) is 21.9. The van der Waals surface area contributed by atoms with Crippen LogP contribution in [-0.4, -0.2) is 39.1 Å². The highest BCUT2D eigenvalue weighted by atomic mass is 127. The molecule has 162 valence electrons. The molecule has 7 nitrogen and oxygen atoms in total. The minimum absolute atomic E-state index is 0.346. The summed E-state index contributed by atoms with van der Waals surface area (Å²) in [6.07, 6.45) is 2.44. The Bertz CT molecular complexity index is 886. The standard InChI is InChI=1S/C22H27IN2O5/c1-5-10-30-18-9-8-16(13-19(18)28-6-2)22(26)25-24-14-15-11-17(23)21(29-7-3)20(12-15)27-4/h8-9,11-14H,5-7,10H2,1-4H3,(H,25,26)/b24-14+. The SMILES string of the molecule is CCCOc1ccc(C(=O)N/N=C/c2cc(I)c(OCC)c(OC)c2)cc1OCC. The molecule has 2 aromatic carbocycles. The van der Waals surface area contributed by atoms with Gasteiger partial charge in [0.25, 0.3) is 5.91 Å². The zero-order valence-corrected chi connectivity index (χ0v) is 19.8. The molecular formula is C22H27IN2O5. The molecule has 2 aromatic rings. The van der Waals surface area contributed by atoms with Crippen molar-refractivity contribution in [3.63, 3.8) is 0 Å². The number of rotatable bonds is 11. The lowest BCUT2D eigenvalue weighted by molar-refractivity contribution is 0.0954. The molecule has 0 unspecified atom stereocenters. The van der Waals surface area contributed by atoms with Gasteiger partial charge in [-0.25, -0.2) is 5.43 Å². The number of carbonyl (C=O) groups is 1. The van der Waals surface area contributed by atoms with Crippen LogP contribution in [0.1, 0.15) is 43.1 Å². The van der Waals surface area contributed by atoms with Crippen molar-refractivity contribution in [3.8, 4) is 23.0 Å². The van der Waals surface area contributed by atoms with E-state index in [1.807, 2.05) is 26.8 Å². The number of halogens is 1. The largest absolute Gasteiger partial charge is 0.493 e. The van der Waals surface area contributed by atoms with Crippen LogP contribution in [0.2, 0.25) is 0 Å². The van der Waals surface area contributed by atoms with Crippen LogP contribution in [-0.2, 0) is 0 Å². The summed E-state index contributed by atoms with van der Waals surface area (Å²) >= 11 is 2.18. The lowest BCUT2D eigenvalue weighted by Crippen LogP contribution is -2.17. The summed E-state index contributed by atoms with van der Waals surface area (Å²) in [7, 11) is 1.58. The van der Waals surface area contributed by atoms with Crippen molar-refractivity contribution in [2.24, 2.45) is 5.10 Å². The number of carbonyl (C=O) groups excluding carboxylic acids is 1. The fourth-order valence-corrected chi connectivity index (χ4v) is 3.36. The third-order valence-electron chi connectivity index (χ3n) is 3.89. The smallest absolute Gasteiger partial charge is 0.271 e. The van der Waals surface area contributed by atoms with E-state index < -0.39 is 0 Å². The normalized spacial score (nSPS) is 10.7. The predicted octanol–water partition coefficient (Wildman–Crippen LogP) is 4.65. The second-order valence-electron chi connectivity index (χ2n) is 6.11. The van der Waals surface area contributed by atoms with Crippen LogP contribution in [0.5, 0.6) is 23.0 Å². The summed E-state index contributed by atoms with van der Waals surface area (Å²) in [6, 6.07) is 8.77.